The van der Waals surface area contributed by atoms with Gasteiger partial charge in [0.25, 0.3) is 0 Å². The van der Waals surface area contributed by atoms with E-state index in [0.29, 0.717) is 19.8 Å². The fourth-order valence-electron chi connectivity index (χ4n) is 2.59. The number of rotatable bonds is 5. The zero-order valence-electron chi connectivity index (χ0n) is 13.3. The third-order valence-corrected chi connectivity index (χ3v) is 5.12. The molecule has 1 aromatic carbocycles. The topological polar surface area (TPSA) is 76.7 Å². The highest BCUT2D eigenvalue weighted by atomic mass is 32.2. The Hall–Kier alpha value is -1.15. The van der Waals surface area contributed by atoms with E-state index < -0.39 is 10.0 Å². The molecular formula is C15H24N2O4S. The Balaban J connectivity index is 2.09. The van der Waals surface area contributed by atoms with E-state index in [2.05, 4.69) is 10.0 Å². The van der Waals surface area contributed by atoms with E-state index in [1.54, 1.807) is 19.2 Å². The molecule has 0 amide bonds. The predicted molar refractivity (Wildman–Crippen MR) is 84.8 cm³/mol. The van der Waals surface area contributed by atoms with Crippen molar-refractivity contribution in [3.05, 3.63) is 23.3 Å². The molecule has 0 unspecified atom stereocenters. The monoisotopic (exact) mass is 328 g/mol. The van der Waals surface area contributed by atoms with Gasteiger partial charge in [0.1, 0.15) is 5.75 Å². The zero-order valence-corrected chi connectivity index (χ0v) is 14.1. The molecule has 6 nitrogen and oxygen atoms in total. The first-order valence-corrected chi connectivity index (χ1v) is 8.85. The first kappa shape index (κ1) is 17.2. The summed E-state index contributed by atoms with van der Waals surface area (Å²) in [6.45, 7) is 6.83. The number of benzene rings is 1. The molecule has 0 spiro atoms. The normalized spacial score (nSPS) is 19.7. The Morgan fingerprint density at radius 2 is 2.05 bits per heavy atom. The Kier molecular flexibility index (Phi) is 5.80. The van der Waals surface area contributed by atoms with Crippen LogP contribution in [0.2, 0.25) is 0 Å². The van der Waals surface area contributed by atoms with Crippen molar-refractivity contribution in [1.82, 2.24) is 10.0 Å². The number of hydrogen-bond donors (Lipinski definition) is 2. The van der Waals surface area contributed by atoms with Crippen molar-refractivity contribution >= 4 is 10.0 Å². The summed E-state index contributed by atoms with van der Waals surface area (Å²) < 4.78 is 38.3. The van der Waals surface area contributed by atoms with Crippen LogP contribution in [0.3, 0.4) is 0 Å². The Labute approximate surface area is 132 Å². The van der Waals surface area contributed by atoms with Gasteiger partial charge in [-0.15, -0.1) is 0 Å². The lowest BCUT2D eigenvalue weighted by molar-refractivity contribution is 0.124. The summed E-state index contributed by atoms with van der Waals surface area (Å²) in [7, 11) is -1.95. The molecule has 1 heterocycles. The number of methoxy groups -OCH3 is 1. The van der Waals surface area contributed by atoms with Crippen molar-refractivity contribution < 1.29 is 17.9 Å². The standard InChI is InChI=1S/C15H24N2O4S/c1-11-6-14(7-12(2)15(11)20-3)22(18,19)17-9-13-8-16-4-5-21-10-13/h6-7,13,16-17H,4-5,8-10H2,1-3H3/t13-/m0/s1. The summed E-state index contributed by atoms with van der Waals surface area (Å²) >= 11 is 0. The molecule has 2 rings (SSSR count). The van der Waals surface area contributed by atoms with E-state index in [1.165, 1.54) is 0 Å². The molecule has 0 radical (unpaired) electrons. The van der Waals surface area contributed by atoms with Gasteiger partial charge in [0.15, 0.2) is 0 Å². The van der Waals surface area contributed by atoms with Crippen molar-refractivity contribution in [2.45, 2.75) is 18.7 Å². The maximum atomic E-state index is 12.5. The molecule has 0 aliphatic carbocycles. The highest BCUT2D eigenvalue weighted by Crippen LogP contribution is 2.26. The largest absolute Gasteiger partial charge is 0.496 e. The van der Waals surface area contributed by atoms with Crippen molar-refractivity contribution in [1.29, 1.82) is 0 Å². The summed E-state index contributed by atoms with van der Waals surface area (Å²) in [6, 6.07) is 3.27. The van der Waals surface area contributed by atoms with Gasteiger partial charge in [-0.2, -0.15) is 0 Å². The Morgan fingerprint density at radius 3 is 2.68 bits per heavy atom. The number of nitrogens with one attached hydrogen (secondary N) is 2. The van der Waals surface area contributed by atoms with Crippen LogP contribution in [0.25, 0.3) is 0 Å². The van der Waals surface area contributed by atoms with Crippen LogP contribution in [-0.2, 0) is 14.8 Å². The van der Waals surface area contributed by atoms with Gasteiger partial charge in [0.05, 0.1) is 25.2 Å². The first-order valence-electron chi connectivity index (χ1n) is 7.37. The second-order valence-corrected chi connectivity index (χ2v) is 7.35. The molecule has 1 fully saturated rings. The second kappa shape index (κ2) is 7.41. The van der Waals surface area contributed by atoms with Crippen molar-refractivity contribution in [3.63, 3.8) is 0 Å². The van der Waals surface area contributed by atoms with Crippen molar-refractivity contribution in [2.75, 3.05) is 40.0 Å². The van der Waals surface area contributed by atoms with Crippen LogP contribution in [0.1, 0.15) is 11.1 Å². The average molecular weight is 328 g/mol. The van der Waals surface area contributed by atoms with E-state index in [0.717, 1.165) is 30.0 Å². The summed E-state index contributed by atoms with van der Waals surface area (Å²) in [4.78, 5) is 0.269. The highest BCUT2D eigenvalue weighted by Gasteiger charge is 2.20. The van der Waals surface area contributed by atoms with Gasteiger partial charge in [-0.3, -0.25) is 0 Å². The van der Waals surface area contributed by atoms with Gasteiger partial charge < -0.3 is 14.8 Å². The molecule has 0 saturated carbocycles. The molecule has 0 bridgehead atoms. The second-order valence-electron chi connectivity index (χ2n) is 5.59. The lowest BCUT2D eigenvalue weighted by Gasteiger charge is -2.16. The van der Waals surface area contributed by atoms with Gasteiger partial charge in [0, 0.05) is 25.6 Å². The van der Waals surface area contributed by atoms with Gasteiger partial charge >= 0.3 is 0 Å². The van der Waals surface area contributed by atoms with E-state index >= 15 is 0 Å². The molecule has 1 atom stereocenters. The highest BCUT2D eigenvalue weighted by molar-refractivity contribution is 7.89. The van der Waals surface area contributed by atoms with Crippen LogP contribution in [0, 0.1) is 19.8 Å². The van der Waals surface area contributed by atoms with Gasteiger partial charge in [-0.25, -0.2) is 13.1 Å². The van der Waals surface area contributed by atoms with Gasteiger partial charge in [0.2, 0.25) is 10.0 Å². The van der Waals surface area contributed by atoms with E-state index in [9.17, 15) is 8.42 Å². The summed E-state index contributed by atoms with van der Waals surface area (Å²) in [5.74, 6) is 0.859. The molecule has 1 aliphatic heterocycles. The van der Waals surface area contributed by atoms with Gasteiger partial charge in [-0.1, -0.05) is 0 Å². The minimum Gasteiger partial charge on any atom is -0.496 e. The molecule has 1 aromatic rings. The average Bonchev–Trinajstić information content (AvgIpc) is 2.73. The SMILES string of the molecule is COc1c(C)cc(S(=O)(=O)NC[C@@H]2CNCCOC2)cc1C. The molecule has 124 valence electrons. The predicted octanol–water partition coefficient (Wildman–Crippen LogP) is 0.826. The minimum atomic E-state index is -3.53. The Morgan fingerprint density at radius 1 is 1.36 bits per heavy atom. The van der Waals surface area contributed by atoms with Crippen molar-refractivity contribution in [3.8, 4) is 5.75 Å². The molecule has 2 N–H and O–H groups in total. The Bertz CT molecular complexity index is 585. The van der Waals surface area contributed by atoms with Crippen molar-refractivity contribution in [2.24, 2.45) is 5.92 Å². The third kappa shape index (κ3) is 4.19. The molecule has 1 saturated heterocycles. The van der Waals surface area contributed by atoms with Gasteiger partial charge in [-0.05, 0) is 37.1 Å². The van der Waals surface area contributed by atoms with Crippen LogP contribution in [0.4, 0.5) is 0 Å². The van der Waals surface area contributed by atoms with Crippen LogP contribution in [0.15, 0.2) is 17.0 Å². The molecule has 1 aliphatic rings. The fraction of sp³-hybridized carbons (Fsp3) is 0.600. The molecular weight excluding hydrogens is 304 g/mol. The maximum Gasteiger partial charge on any atom is 0.240 e. The third-order valence-electron chi connectivity index (χ3n) is 3.72. The van der Waals surface area contributed by atoms with Crippen LogP contribution in [-0.4, -0.2) is 48.4 Å². The summed E-state index contributed by atoms with van der Waals surface area (Å²) in [5.41, 5.74) is 1.62. The van der Waals surface area contributed by atoms with Crippen LogP contribution in [0.5, 0.6) is 5.75 Å². The number of sulfonamides is 1. The first-order chi connectivity index (χ1) is 10.4. The quantitative estimate of drug-likeness (QED) is 0.837. The molecule has 7 heteroatoms. The fourth-order valence-corrected chi connectivity index (χ4v) is 3.87. The molecule has 0 aromatic heterocycles. The van der Waals surface area contributed by atoms with E-state index in [4.69, 9.17) is 9.47 Å². The summed E-state index contributed by atoms with van der Waals surface area (Å²) in [5, 5.41) is 3.23. The van der Waals surface area contributed by atoms with Crippen LogP contribution >= 0.6 is 0 Å². The maximum absolute atomic E-state index is 12.5. The molecule has 22 heavy (non-hydrogen) atoms. The number of aryl methyl sites for hydroxylation is 2. The minimum absolute atomic E-state index is 0.137. The van der Waals surface area contributed by atoms with E-state index in [-0.39, 0.29) is 10.8 Å². The zero-order chi connectivity index (χ0) is 16.2. The number of ether oxygens (including phenoxy) is 2. The van der Waals surface area contributed by atoms with Crippen LogP contribution < -0.4 is 14.8 Å². The smallest absolute Gasteiger partial charge is 0.240 e. The lowest BCUT2D eigenvalue weighted by atomic mass is 10.1. The lowest BCUT2D eigenvalue weighted by Crippen LogP contribution is -2.35. The van der Waals surface area contributed by atoms with E-state index in [1.807, 2.05) is 13.8 Å². The number of hydrogen-bond acceptors (Lipinski definition) is 5. The summed E-state index contributed by atoms with van der Waals surface area (Å²) in [6.07, 6.45) is 0.